The number of nitrogens with two attached hydrogens (primary N) is 1. The highest BCUT2D eigenvalue weighted by molar-refractivity contribution is 5.90. The molecule has 1 amide bonds. The van der Waals surface area contributed by atoms with Crippen LogP contribution in [0.4, 0.5) is 16.3 Å². The molecule has 1 aliphatic rings. The average molecular weight is 236 g/mol. The van der Waals surface area contributed by atoms with E-state index in [1.807, 2.05) is 0 Å². The number of anilines is 2. The third kappa shape index (κ3) is 2.47. The Kier molecular flexibility index (Phi) is 3.43. The van der Waals surface area contributed by atoms with E-state index in [-0.39, 0.29) is 11.9 Å². The van der Waals surface area contributed by atoms with Crippen molar-refractivity contribution in [2.45, 2.75) is 18.9 Å². The number of aromatic nitrogens is 1. The highest BCUT2D eigenvalue weighted by Crippen LogP contribution is 2.25. The van der Waals surface area contributed by atoms with Crippen LogP contribution in [0.5, 0.6) is 0 Å². The summed E-state index contributed by atoms with van der Waals surface area (Å²) in [5.74, 6) is 0.258. The minimum absolute atomic E-state index is 0.0275. The van der Waals surface area contributed by atoms with Crippen molar-refractivity contribution >= 4 is 17.6 Å². The van der Waals surface area contributed by atoms with E-state index in [4.69, 9.17) is 5.73 Å². The van der Waals surface area contributed by atoms with E-state index in [0.29, 0.717) is 5.69 Å². The molecule has 1 fully saturated rings. The maximum atomic E-state index is 11.4. The van der Waals surface area contributed by atoms with Gasteiger partial charge in [0.1, 0.15) is 5.82 Å². The molecular formula is C11H16N4O2. The van der Waals surface area contributed by atoms with E-state index < -0.39 is 6.09 Å². The molecule has 92 valence electrons. The fraction of sp³-hybridized carbons (Fsp3) is 0.455. The number of carbonyl (C=O) groups is 1. The molecule has 0 aromatic carbocycles. The lowest BCUT2D eigenvalue weighted by atomic mass is 10.0. The molecule has 1 saturated heterocycles. The summed E-state index contributed by atoms with van der Waals surface area (Å²) in [5, 5.41) is 12.5. The molecular weight excluding hydrogens is 220 g/mol. The quantitative estimate of drug-likeness (QED) is 0.709. The summed E-state index contributed by atoms with van der Waals surface area (Å²) in [6, 6.07) is 3.36. The zero-order valence-corrected chi connectivity index (χ0v) is 9.47. The Morgan fingerprint density at radius 2 is 2.24 bits per heavy atom. The first-order valence-corrected chi connectivity index (χ1v) is 5.63. The molecule has 1 aromatic rings. The van der Waals surface area contributed by atoms with Gasteiger partial charge in [0.2, 0.25) is 0 Å². The fourth-order valence-electron chi connectivity index (χ4n) is 2.13. The van der Waals surface area contributed by atoms with Crippen LogP contribution in [0.25, 0.3) is 0 Å². The van der Waals surface area contributed by atoms with Crippen LogP contribution in [0.3, 0.4) is 0 Å². The minimum atomic E-state index is -0.975. The van der Waals surface area contributed by atoms with Gasteiger partial charge in [-0.15, -0.1) is 0 Å². The van der Waals surface area contributed by atoms with E-state index in [1.165, 1.54) is 4.90 Å². The number of nitrogen functional groups attached to an aromatic ring is 1. The van der Waals surface area contributed by atoms with Crippen molar-refractivity contribution in [1.82, 2.24) is 10.3 Å². The monoisotopic (exact) mass is 236 g/mol. The smallest absolute Gasteiger partial charge is 0.412 e. The number of piperidine rings is 1. The van der Waals surface area contributed by atoms with E-state index in [0.717, 1.165) is 25.9 Å². The predicted octanol–water partition coefficient (Wildman–Crippen LogP) is 0.900. The van der Waals surface area contributed by atoms with Crippen molar-refractivity contribution in [2.24, 2.45) is 0 Å². The molecule has 0 spiro atoms. The molecule has 0 saturated carbocycles. The summed E-state index contributed by atoms with van der Waals surface area (Å²) in [6.45, 7) is 1.66. The number of nitrogens with zero attached hydrogens (tertiary/aromatic N) is 2. The maximum absolute atomic E-state index is 11.4. The van der Waals surface area contributed by atoms with Crippen LogP contribution in [-0.4, -0.2) is 35.3 Å². The van der Waals surface area contributed by atoms with Crippen LogP contribution < -0.4 is 16.0 Å². The number of pyridine rings is 1. The first-order chi connectivity index (χ1) is 8.20. The van der Waals surface area contributed by atoms with Gasteiger partial charge in [0.25, 0.3) is 0 Å². The summed E-state index contributed by atoms with van der Waals surface area (Å²) < 4.78 is 0. The molecule has 0 aliphatic carbocycles. The second-order valence-electron chi connectivity index (χ2n) is 4.04. The lowest BCUT2D eigenvalue weighted by molar-refractivity contribution is 0.197. The number of carboxylic acid groups (broad SMARTS) is 1. The van der Waals surface area contributed by atoms with Gasteiger partial charge in [-0.3, -0.25) is 4.90 Å². The zero-order valence-electron chi connectivity index (χ0n) is 9.47. The fourth-order valence-corrected chi connectivity index (χ4v) is 2.13. The Morgan fingerprint density at radius 1 is 1.53 bits per heavy atom. The Labute approximate surface area is 99.4 Å². The first kappa shape index (κ1) is 11.7. The van der Waals surface area contributed by atoms with Crippen molar-refractivity contribution < 1.29 is 9.90 Å². The van der Waals surface area contributed by atoms with Gasteiger partial charge in [0, 0.05) is 12.2 Å². The SMILES string of the molecule is Nc1ncccc1N(C(=O)O)C1CCNCC1. The number of amides is 1. The molecule has 0 radical (unpaired) electrons. The van der Waals surface area contributed by atoms with Gasteiger partial charge < -0.3 is 16.2 Å². The van der Waals surface area contributed by atoms with Crippen molar-refractivity contribution in [2.75, 3.05) is 23.7 Å². The van der Waals surface area contributed by atoms with Crippen LogP contribution in [-0.2, 0) is 0 Å². The van der Waals surface area contributed by atoms with Crippen LogP contribution >= 0.6 is 0 Å². The summed E-state index contributed by atoms with van der Waals surface area (Å²) in [5.41, 5.74) is 6.21. The van der Waals surface area contributed by atoms with Crippen LogP contribution in [0.15, 0.2) is 18.3 Å². The zero-order chi connectivity index (χ0) is 12.3. The third-order valence-electron chi connectivity index (χ3n) is 2.96. The topological polar surface area (TPSA) is 91.5 Å². The second-order valence-corrected chi connectivity index (χ2v) is 4.04. The summed E-state index contributed by atoms with van der Waals surface area (Å²) in [4.78, 5) is 16.6. The van der Waals surface area contributed by atoms with E-state index in [9.17, 15) is 9.90 Å². The van der Waals surface area contributed by atoms with Gasteiger partial charge in [-0.2, -0.15) is 0 Å². The van der Waals surface area contributed by atoms with Crippen molar-refractivity contribution in [1.29, 1.82) is 0 Å². The molecule has 4 N–H and O–H groups in total. The highest BCUT2D eigenvalue weighted by atomic mass is 16.4. The first-order valence-electron chi connectivity index (χ1n) is 5.63. The van der Waals surface area contributed by atoms with Crippen LogP contribution in [0.1, 0.15) is 12.8 Å². The van der Waals surface area contributed by atoms with Crippen molar-refractivity contribution in [3.8, 4) is 0 Å². The number of nitrogens with one attached hydrogen (secondary N) is 1. The Morgan fingerprint density at radius 3 is 2.82 bits per heavy atom. The number of rotatable bonds is 2. The van der Waals surface area contributed by atoms with Gasteiger partial charge in [0.05, 0.1) is 5.69 Å². The molecule has 6 nitrogen and oxygen atoms in total. The largest absolute Gasteiger partial charge is 0.465 e. The molecule has 1 aliphatic heterocycles. The van der Waals surface area contributed by atoms with E-state index in [1.54, 1.807) is 18.3 Å². The molecule has 6 heteroatoms. The molecule has 17 heavy (non-hydrogen) atoms. The summed E-state index contributed by atoms with van der Waals surface area (Å²) >= 11 is 0. The molecule has 0 bridgehead atoms. The van der Waals surface area contributed by atoms with Crippen molar-refractivity contribution in [3.05, 3.63) is 18.3 Å². The predicted molar refractivity (Wildman–Crippen MR) is 65.0 cm³/mol. The third-order valence-corrected chi connectivity index (χ3v) is 2.96. The lowest BCUT2D eigenvalue weighted by Crippen LogP contribution is -2.46. The van der Waals surface area contributed by atoms with Gasteiger partial charge in [-0.25, -0.2) is 9.78 Å². The summed E-state index contributed by atoms with van der Waals surface area (Å²) in [6.07, 6.45) is 2.17. The standard InChI is InChI=1S/C11H16N4O2/c12-10-9(2-1-5-14-10)15(11(16)17)8-3-6-13-7-4-8/h1-2,5,8,13H,3-4,6-7H2,(H2,12,14)(H,16,17). The molecule has 2 rings (SSSR count). The maximum Gasteiger partial charge on any atom is 0.412 e. The van der Waals surface area contributed by atoms with Gasteiger partial charge >= 0.3 is 6.09 Å². The molecule has 0 atom stereocenters. The Bertz CT molecular complexity index is 404. The van der Waals surface area contributed by atoms with E-state index in [2.05, 4.69) is 10.3 Å². The lowest BCUT2D eigenvalue weighted by Gasteiger charge is -2.32. The van der Waals surface area contributed by atoms with Gasteiger partial charge in [-0.1, -0.05) is 0 Å². The molecule has 0 unspecified atom stereocenters. The number of hydrogen-bond acceptors (Lipinski definition) is 4. The molecule has 1 aromatic heterocycles. The average Bonchev–Trinajstić information content (AvgIpc) is 2.33. The normalized spacial score (nSPS) is 16.7. The van der Waals surface area contributed by atoms with Crippen LogP contribution in [0, 0.1) is 0 Å². The van der Waals surface area contributed by atoms with Crippen LogP contribution in [0.2, 0.25) is 0 Å². The minimum Gasteiger partial charge on any atom is -0.465 e. The van der Waals surface area contributed by atoms with E-state index >= 15 is 0 Å². The summed E-state index contributed by atoms with van der Waals surface area (Å²) in [7, 11) is 0. The highest BCUT2D eigenvalue weighted by Gasteiger charge is 2.27. The van der Waals surface area contributed by atoms with Gasteiger partial charge in [-0.05, 0) is 38.1 Å². The Balaban J connectivity index is 2.28. The van der Waals surface area contributed by atoms with Gasteiger partial charge in [0.15, 0.2) is 0 Å². The van der Waals surface area contributed by atoms with Crippen molar-refractivity contribution in [3.63, 3.8) is 0 Å². The Hall–Kier alpha value is -1.82. The second kappa shape index (κ2) is 5.01. The molecule has 2 heterocycles. The number of hydrogen-bond donors (Lipinski definition) is 3.